The predicted octanol–water partition coefficient (Wildman–Crippen LogP) is 3.29. The Labute approximate surface area is 124 Å². The summed E-state index contributed by atoms with van der Waals surface area (Å²) in [5.41, 5.74) is -0.0181. The van der Waals surface area contributed by atoms with Crippen molar-refractivity contribution in [2.45, 2.75) is 51.2 Å². The number of benzene rings is 1. The maximum Gasteiger partial charge on any atom is 0.408 e. The van der Waals surface area contributed by atoms with E-state index in [0.29, 0.717) is 0 Å². The first-order valence-corrected chi connectivity index (χ1v) is 7.07. The maximum absolute atomic E-state index is 12.0. The molecule has 0 radical (unpaired) electrons. The molecule has 2 N–H and O–H groups in total. The second-order valence-electron chi connectivity index (χ2n) is 6.45. The molecule has 1 saturated carbocycles. The second-order valence-corrected chi connectivity index (χ2v) is 6.45. The lowest BCUT2D eigenvalue weighted by atomic mass is 9.71. The van der Waals surface area contributed by atoms with Crippen LogP contribution in [0.1, 0.15) is 56.0 Å². The topological polar surface area (TPSA) is 75.6 Å². The number of carboxylic acids is 1. The first-order chi connectivity index (χ1) is 9.72. The number of nitrogens with one attached hydrogen (secondary N) is 1. The fraction of sp³-hybridized carbons (Fsp3) is 0.500. The van der Waals surface area contributed by atoms with Crippen molar-refractivity contribution in [1.29, 1.82) is 0 Å². The van der Waals surface area contributed by atoms with Gasteiger partial charge < -0.3 is 15.2 Å². The van der Waals surface area contributed by atoms with E-state index in [4.69, 9.17) is 9.84 Å². The molecular formula is C16H21NO4. The van der Waals surface area contributed by atoms with Crippen molar-refractivity contribution in [2.24, 2.45) is 0 Å². The van der Waals surface area contributed by atoms with Crippen molar-refractivity contribution in [1.82, 2.24) is 5.32 Å². The highest BCUT2D eigenvalue weighted by Crippen LogP contribution is 2.41. The van der Waals surface area contributed by atoms with Gasteiger partial charge in [-0.15, -0.1) is 0 Å². The summed E-state index contributed by atoms with van der Waals surface area (Å²) < 4.78 is 5.30. The van der Waals surface area contributed by atoms with Gasteiger partial charge in [-0.3, -0.25) is 0 Å². The number of ether oxygens (including phenoxy) is 1. The van der Waals surface area contributed by atoms with Crippen molar-refractivity contribution in [3.63, 3.8) is 0 Å². The summed E-state index contributed by atoms with van der Waals surface area (Å²) in [5.74, 6) is -0.969. The van der Waals surface area contributed by atoms with Gasteiger partial charge in [-0.25, -0.2) is 9.59 Å². The van der Waals surface area contributed by atoms with Crippen molar-refractivity contribution >= 4 is 12.1 Å². The number of carboxylic acid groups (broad SMARTS) is 1. The first kappa shape index (κ1) is 15.4. The molecule has 1 aliphatic rings. The number of hydrogen-bond acceptors (Lipinski definition) is 3. The van der Waals surface area contributed by atoms with Gasteiger partial charge >= 0.3 is 12.1 Å². The van der Waals surface area contributed by atoms with Gasteiger partial charge in [-0.1, -0.05) is 12.1 Å². The summed E-state index contributed by atoms with van der Waals surface area (Å²) in [6.07, 6.45) is 2.10. The average molecular weight is 291 g/mol. The summed E-state index contributed by atoms with van der Waals surface area (Å²) in [5, 5.41) is 12.0. The summed E-state index contributed by atoms with van der Waals surface area (Å²) >= 11 is 0. The number of aromatic carboxylic acids is 1. The normalized spacial score (nSPS) is 16.7. The van der Waals surface area contributed by atoms with E-state index in [2.05, 4.69) is 5.32 Å². The van der Waals surface area contributed by atoms with E-state index in [1.807, 2.05) is 26.8 Å². The molecular weight excluding hydrogens is 270 g/mol. The monoisotopic (exact) mass is 291 g/mol. The van der Waals surface area contributed by atoms with Crippen LogP contribution in [0.3, 0.4) is 0 Å². The van der Waals surface area contributed by atoms with Crippen LogP contribution in [0.4, 0.5) is 4.79 Å². The molecule has 114 valence electrons. The predicted molar refractivity (Wildman–Crippen MR) is 78.3 cm³/mol. The van der Waals surface area contributed by atoms with Crippen LogP contribution in [0, 0.1) is 0 Å². The molecule has 0 atom stereocenters. The Balaban J connectivity index is 2.20. The van der Waals surface area contributed by atoms with E-state index in [9.17, 15) is 9.59 Å². The average Bonchev–Trinajstić information content (AvgIpc) is 2.31. The van der Waals surface area contributed by atoms with Crippen LogP contribution < -0.4 is 5.32 Å². The summed E-state index contributed by atoms with van der Waals surface area (Å²) in [7, 11) is 0. The fourth-order valence-electron chi connectivity index (χ4n) is 2.47. The molecule has 1 aromatic carbocycles. The Bertz CT molecular complexity index is 556. The van der Waals surface area contributed by atoms with Crippen molar-refractivity contribution in [3.8, 4) is 0 Å². The molecule has 2 rings (SSSR count). The molecule has 1 aliphatic carbocycles. The van der Waals surface area contributed by atoms with Crippen LogP contribution in [-0.4, -0.2) is 22.8 Å². The van der Waals surface area contributed by atoms with E-state index >= 15 is 0 Å². The SMILES string of the molecule is CC(C)(C)OC(=O)NC1(c2cccc(C(=O)O)c2)CCC1. The highest BCUT2D eigenvalue weighted by atomic mass is 16.6. The van der Waals surface area contributed by atoms with Crippen LogP contribution in [-0.2, 0) is 10.3 Å². The molecule has 0 aliphatic heterocycles. The van der Waals surface area contributed by atoms with E-state index in [0.717, 1.165) is 24.8 Å². The minimum atomic E-state index is -0.969. The van der Waals surface area contributed by atoms with Crippen LogP contribution in [0.15, 0.2) is 24.3 Å². The molecule has 0 saturated heterocycles. The van der Waals surface area contributed by atoms with Crippen LogP contribution in [0.25, 0.3) is 0 Å². The van der Waals surface area contributed by atoms with Gasteiger partial charge in [-0.2, -0.15) is 0 Å². The first-order valence-electron chi connectivity index (χ1n) is 7.07. The molecule has 0 aromatic heterocycles. The smallest absolute Gasteiger partial charge is 0.408 e. The van der Waals surface area contributed by atoms with Gasteiger partial charge in [0.25, 0.3) is 0 Å². The van der Waals surface area contributed by atoms with Gasteiger partial charge in [0.15, 0.2) is 0 Å². The molecule has 0 bridgehead atoms. The van der Waals surface area contributed by atoms with Gasteiger partial charge in [-0.05, 0) is 57.7 Å². The number of carbonyl (C=O) groups is 2. The quantitative estimate of drug-likeness (QED) is 0.896. The molecule has 0 heterocycles. The molecule has 1 amide bonds. The van der Waals surface area contributed by atoms with Gasteiger partial charge in [0.05, 0.1) is 11.1 Å². The number of carbonyl (C=O) groups excluding carboxylic acids is 1. The third-order valence-electron chi connectivity index (χ3n) is 3.61. The van der Waals surface area contributed by atoms with Crippen LogP contribution in [0.5, 0.6) is 0 Å². The lowest BCUT2D eigenvalue weighted by Gasteiger charge is -2.43. The number of alkyl carbamates (subject to hydrolysis) is 1. The van der Waals surface area contributed by atoms with Crippen LogP contribution >= 0.6 is 0 Å². The Morgan fingerprint density at radius 1 is 1.29 bits per heavy atom. The number of hydrogen-bond donors (Lipinski definition) is 2. The van der Waals surface area contributed by atoms with Gasteiger partial charge in [0.1, 0.15) is 5.60 Å². The molecule has 5 nitrogen and oxygen atoms in total. The molecule has 1 fully saturated rings. The molecule has 5 heteroatoms. The Morgan fingerprint density at radius 2 is 1.95 bits per heavy atom. The summed E-state index contributed by atoms with van der Waals surface area (Å²) in [6.45, 7) is 5.43. The van der Waals surface area contributed by atoms with E-state index < -0.39 is 23.2 Å². The van der Waals surface area contributed by atoms with Gasteiger partial charge in [0.2, 0.25) is 0 Å². The molecule has 0 spiro atoms. The standard InChI is InChI=1S/C16H21NO4/c1-15(2,3)21-14(20)17-16(8-5-9-16)12-7-4-6-11(10-12)13(18)19/h4,6-7,10H,5,8-9H2,1-3H3,(H,17,20)(H,18,19). The maximum atomic E-state index is 12.0. The Morgan fingerprint density at radius 3 is 2.43 bits per heavy atom. The van der Waals surface area contributed by atoms with E-state index in [1.165, 1.54) is 0 Å². The molecule has 1 aromatic rings. The number of amides is 1. The minimum absolute atomic E-state index is 0.227. The Kier molecular flexibility index (Phi) is 3.94. The zero-order valence-corrected chi connectivity index (χ0v) is 12.6. The zero-order chi connectivity index (χ0) is 15.7. The van der Waals surface area contributed by atoms with Crippen LogP contribution in [0.2, 0.25) is 0 Å². The Hall–Kier alpha value is -2.04. The summed E-state index contributed by atoms with van der Waals surface area (Å²) in [6, 6.07) is 6.73. The molecule has 0 unspecified atom stereocenters. The fourth-order valence-corrected chi connectivity index (χ4v) is 2.47. The highest BCUT2D eigenvalue weighted by Gasteiger charge is 2.41. The number of rotatable bonds is 3. The summed E-state index contributed by atoms with van der Waals surface area (Å²) in [4.78, 5) is 23.1. The minimum Gasteiger partial charge on any atom is -0.478 e. The van der Waals surface area contributed by atoms with Crippen molar-refractivity contribution < 1.29 is 19.4 Å². The third-order valence-corrected chi connectivity index (χ3v) is 3.61. The van der Waals surface area contributed by atoms with E-state index in [-0.39, 0.29) is 5.56 Å². The zero-order valence-electron chi connectivity index (χ0n) is 12.6. The van der Waals surface area contributed by atoms with Crippen molar-refractivity contribution in [2.75, 3.05) is 0 Å². The third kappa shape index (κ3) is 3.54. The van der Waals surface area contributed by atoms with E-state index in [1.54, 1.807) is 18.2 Å². The van der Waals surface area contributed by atoms with Gasteiger partial charge in [0, 0.05) is 0 Å². The second kappa shape index (κ2) is 5.39. The largest absolute Gasteiger partial charge is 0.478 e. The highest BCUT2D eigenvalue weighted by molar-refractivity contribution is 5.87. The molecule has 21 heavy (non-hydrogen) atoms. The lowest BCUT2D eigenvalue weighted by molar-refractivity contribution is 0.0377. The lowest BCUT2D eigenvalue weighted by Crippen LogP contribution is -2.52. The van der Waals surface area contributed by atoms with Crippen molar-refractivity contribution in [3.05, 3.63) is 35.4 Å².